The van der Waals surface area contributed by atoms with E-state index >= 15 is 0 Å². The van der Waals surface area contributed by atoms with Gasteiger partial charge in [0, 0.05) is 25.6 Å². The highest BCUT2D eigenvalue weighted by atomic mass is 16.5. The minimum absolute atomic E-state index is 0.0758. The number of carbonyl (C=O) groups is 1. The lowest BCUT2D eigenvalue weighted by Gasteiger charge is -2.28. The van der Waals surface area contributed by atoms with Gasteiger partial charge < -0.3 is 14.8 Å². The van der Waals surface area contributed by atoms with Gasteiger partial charge in [0.2, 0.25) is 5.91 Å². The monoisotopic (exact) mass is 343 g/mol. The number of aromatic amines is 1. The summed E-state index contributed by atoms with van der Waals surface area (Å²) in [5, 5.41) is 5.83. The van der Waals surface area contributed by atoms with Crippen molar-refractivity contribution in [1.82, 2.24) is 9.78 Å². The molecule has 2 aliphatic heterocycles. The number of hydrogen-bond donors (Lipinski definition) is 2. The van der Waals surface area contributed by atoms with Crippen molar-refractivity contribution in [2.75, 3.05) is 25.6 Å². The molecule has 7 heteroatoms. The van der Waals surface area contributed by atoms with Gasteiger partial charge in [-0.15, -0.1) is 0 Å². The Kier molecular flexibility index (Phi) is 4.09. The van der Waals surface area contributed by atoms with E-state index in [1.54, 1.807) is 7.11 Å². The summed E-state index contributed by atoms with van der Waals surface area (Å²) in [6.45, 7) is 1.32. The van der Waals surface area contributed by atoms with E-state index in [0.717, 1.165) is 24.2 Å². The summed E-state index contributed by atoms with van der Waals surface area (Å²) in [6.07, 6.45) is 1.90. The fourth-order valence-electron chi connectivity index (χ4n) is 3.72. The molecule has 132 valence electrons. The van der Waals surface area contributed by atoms with E-state index in [9.17, 15) is 9.59 Å². The fourth-order valence-corrected chi connectivity index (χ4v) is 3.72. The Morgan fingerprint density at radius 2 is 1.88 bits per heavy atom. The molecule has 2 N–H and O–H groups in total. The second-order valence-corrected chi connectivity index (χ2v) is 6.49. The second kappa shape index (κ2) is 6.40. The average molecular weight is 343 g/mol. The SMILES string of the molecule is COc1ccc(C2CC(=O)Nc3c2c(=O)[nH]n3C2CCOCC2)cc1. The number of methoxy groups -OCH3 is 1. The Bertz CT molecular complexity index is 831. The van der Waals surface area contributed by atoms with Crippen molar-refractivity contribution >= 4 is 11.7 Å². The van der Waals surface area contributed by atoms with E-state index in [-0.39, 0.29) is 29.8 Å². The highest BCUT2D eigenvalue weighted by molar-refractivity contribution is 5.94. The number of fused-ring (bicyclic) bond motifs is 1. The van der Waals surface area contributed by atoms with Crippen LogP contribution >= 0.6 is 0 Å². The zero-order chi connectivity index (χ0) is 17.4. The zero-order valence-electron chi connectivity index (χ0n) is 14.1. The maximum atomic E-state index is 12.7. The molecule has 0 spiro atoms. The molecule has 1 aromatic heterocycles. The standard InChI is InChI=1S/C18H21N3O4/c1-24-13-4-2-11(3-5-13)14-10-15(22)19-17-16(14)18(23)20-21(17)12-6-8-25-9-7-12/h2-5,12,14H,6-10H2,1H3,(H,19,22)(H,20,23). The minimum Gasteiger partial charge on any atom is -0.497 e. The molecule has 1 saturated heterocycles. The maximum Gasteiger partial charge on any atom is 0.270 e. The second-order valence-electron chi connectivity index (χ2n) is 6.49. The third-order valence-electron chi connectivity index (χ3n) is 5.03. The van der Waals surface area contributed by atoms with Gasteiger partial charge in [-0.1, -0.05) is 12.1 Å². The Morgan fingerprint density at radius 3 is 2.56 bits per heavy atom. The number of anilines is 1. The Balaban J connectivity index is 1.76. The van der Waals surface area contributed by atoms with Gasteiger partial charge in [-0.2, -0.15) is 0 Å². The summed E-state index contributed by atoms with van der Waals surface area (Å²) in [6, 6.07) is 7.67. The predicted molar refractivity (Wildman–Crippen MR) is 92.2 cm³/mol. The molecule has 0 aliphatic carbocycles. The molecule has 2 aliphatic rings. The van der Waals surface area contributed by atoms with Crippen molar-refractivity contribution in [2.24, 2.45) is 0 Å². The maximum absolute atomic E-state index is 12.7. The summed E-state index contributed by atoms with van der Waals surface area (Å²) in [4.78, 5) is 24.9. The average Bonchev–Trinajstić information content (AvgIpc) is 2.98. The first-order chi connectivity index (χ1) is 12.2. The van der Waals surface area contributed by atoms with Crippen LogP contribution in [0.5, 0.6) is 5.75 Å². The number of H-pyrrole nitrogens is 1. The molecule has 3 heterocycles. The van der Waals surface area contributed by atoms with Crippen molar-refractivity contribution in [1.29, 1.82) is 0 Å². The van der Waals surface area contributed by atoms with Crippen molar-refractivity contribution in [3.8, 4) is 5.75 Å². The molecule has 0 bridgehead atoms. The molecule has 1 atom stereocenters. The van der Waals surface area contributed by atoms with Gasteiger partial charge in [-0.25, -0.2) is 0 Å². The number of nitrogens with one attached hydrogen (secondary N) is 2. The van der Waals surface area contributed by atoms with Crippen LogP contribution < -0.4 is 15.6 Å². The summed E-state index contributed by atoms with van der Waals surface area (Å²) in [5.41, 5.74) is 1.44. The van der Waals surface area contributed by atoms with Crippen LogP contribution in [-0.2, 0) is 9.53 Å². The van der Waals surface area contributed by atoms with E-state index in [4.69, 9.17) is 9.47 Å². The molecule has 7 nitrogen and oxygen atoms in total. The molecule has 0 saturated carbocycles. The first kappa shape index (κ1) is 16.0. The van der Waals surface area contributed by atoms with E-state index < -0.39 is 0 Å². The van der Waals surface area contributed by atoms with Gasteiger partial charge in [-0.3, -0.25) is 19.4 Å². The molecule has 0 radical (unpaired) electrons. The molecular weight excluding hydrogens is 322 g/mol. The predicted octanol–water partition coefficient (Wildman–Crippen LogP) is 2.01. The van der Waals surface area contributed by atoms with Crippen molar-refractivity contribution in [3.05, 3.63) is 45.7 Å². The quantitative estimate of drug-likeness (QED) is 0.893. The van der Waals surface area contributed by atoms with Crippen LogP contribution in [0.1, 0.15) is 42.3 Å². The van der Waals surface area contributed by atoms with Crippen LogP contribution in [0.15, 0.2) is 29.1 Å². The Morgan fingerprint density at radius 1 is 1.16 bits per heavy atom. The largest absolute Gasteiger partial charge is 0.497 e. The smallest absolute Gasteiger partial charge is 0.270 e. The van der Waals surface area contributed by atoms with Gasteiger partial charge >= 0.3 is 0 Å². The lowest BCUT2D eigenvalue weighted by molar-refractivity contribution is -0.116. The Hall–Kier alpha value is -2.54. The molecular formula is C18H21N3O4. The number of aromatic nitrogens is 2. The number of ether oxygens (including phenoxy) is 2. The number of nitrogens with zero attached hydrogens (tertiary/aromatic N) is 1. The number of rotatable bonds is 3. The number of hydrogen-bond acceptors (Lipinski definition) is 4. The molecule has 1 amide bonds. The van der Waals surface area contributed by atoms with Crippen molar-refractivity contribution in [3.63, 3.8) is 0 Å². The molecule has 4 rings (SSSR count). The van der Waals surface area contributed by atoms with Gasteiger partial charge in [0.05, 0.1) is 18.7 Å². The molecule has 2 aromatic rings. The lowest BCUT2D eigenvalue weighted by atomic mass is 9.87. The van der Waals surface area contributed by atoms with Crippen molar-refractivity contribution in [2.45, 2.75) is 31.2 Å². The van der Waals surface area contributed by atoms with Crippen molar-refractivity contribution < 1.29 is 14.3 Å². The van der Waals surface area contributed by atoms with Crippen LogP contribution in [0.4, 0.5) is 5.82 Å². The molecule has 1 unspecified atom stereocenters. The normalized spacial score (nSPS) is 20.8. The first-order valence-corrected chi connectivity index (χ1v) is 8.53. The first-order valence-electron chi connectivity index (χ1n) is 8.53. The molecule has 1 fully saturated rings. The number of carbonyl (C=O) groups excluding carboxylic acids is 1. The number of benzene rings is 1. The van der Waals surface area contributed by atoms with E-state index in [2.05, 4.69) is 10.4 Å². The highest BCUT2D eigenvalue weighted by Gasteiger charge is 2.34. The third-order valence-corrected chi connectivity index (χ3v) is 5.03. The highest BCUT2D eigenvalue weighted by Crippen LogP contribution is 2.37. The lowest BCUT2D eigenvalue weighted by Crippen LogP contribution is -2.28. The summed E-state index contributed by atoms with van der Waals surface area (Å²) in [7, 11) is 1.61. The fraction of sp³-hybridized carbons (Fsp3) is 0.444. The van der Waals surface area contributed by atoms with Gasteiger partial charge in [0.15, 0.2) is 0 Å². The molecule has 25 heavy (non-hydrogen) atoms. The Labute approximate surface area is 144 Å². The van der Waals surface area contributed by atoms with E-state index in [1.165, 1.54) is 0 Å². The topological polar surface area (TPSA) is 85.4 Å². The van der Waals surface area contributed by atoms with Crippen LogP contribution in [0, 0.1) is 0 Å². The van der Waals surface area contributed by atoms with Crippen LogP contribution in [0.25, 0.3) is 0 Å². The molecule has 1 aromatic carbocycles. The van der Waals surface area contributed by atoms with Gasteiger partial charge in [0.25, 0.3) is 5.56 Å². The van der Waals surface area contributed by atoms with Crippen LogP contribution in [0.2, 0.25) is 0 Å². The zero-order valence-corrected chi connectivity index (χ0v) is 14.1. The number of amides is 1. The summed E-state index contributed by atoms with van der Waals surface area (Å²) < 4.78 is 12.4. The van der Waals surface area contributed by atoms with Crippen LogP contribution in [0.3, 0.4) is 0 Å². The van der Waals surface area contributed by atoms with E-state index in [0.29, 0.717) is 24.6 Å². The summed E-state index contributed by atoms with van der Waals surface area (Å²) >= 11 is 0. The van der Waals surface area contributed by atoms with Gasteiger partial charge in [-0.05, 0) is 30.5 Å². The van der Waals surface area contributed by atoms with E-state index in [1.807, 2.05) is 28.9 Å². The summed E-state index contributed by atoms with van der Waals surface area (Å²) in [5.74, 6) is 1.03. The minimum atomic E-state index is -0.250. The van der Waals surface area contributed by atoms with Crippen LogP contribution in [-0.4, -0.2) is 36.0 Å². The third kappa shape index (κ3) is 2.84. The van der Waals surface area contributed by atoms with Gasteiger partial charge in [0.1, 0.15) is 11.6 Å².